The van der Waals surface area contributed by atoms with Gasteiger partial charge in [0.25, 0.3) is 0 Å². The van der Waals surface area contributed by atoms with E-state index in [2.05, 4.69) is 15.5 Å². The summed E-state index contributed by atoms with van der Waals surface area (Å²) in [5.41, 5.74) is 0.723. The maximum atomic E-state index is 12.1. The average Bonchev–Trinajstić information content (AvgIpc) is 2.96. The summed E-state index contributed by atoms with van der Waals surface area (Å²) < 4.78 is 28.3. The molecule has 1 N–H and O–H groups in total. The van der Waals surface area contributed by atoms with Gasteiger partial charge in [-0.2, -0.15) is 0 Å². The number of sulfone groups is 1. The van der Waals surface area contributed by atoms with Gasteiger partial charge in [-0.05, 0) is 24.6 Å². The second kappa shape index (κ2) is 7.12. The summed E-state index contributed by atoms with van der Waals surface area (Å²) in [4.78, 5) is 12.3. The lowest BCUT2D eigenvalue weighted by atomic mass is 10.1. The number of rotatable bonds is 6. The lowest BCUT2D eigenvalue weighted by molar-refractivity contribution is -0.121. The van der Waals surface area contributed by atoms with Gasteiger partial charge in [0, 0.05) is 12.2 Å². The lowest BCUT2D eigenvalue weighted by Crippen LogP contribution is -2.28. The number of hydrogen-bond acceptors (Lipinski definition) is 6. The van der Waals surface area contributed by atoms with Gasteiger partial charge < -0.3 is 9.73 Å². The second-order valence-corrected chi connectivity index (χ2v) is 8.03. The minimum Gasteiger partial charge on any atom is -0.423 e. The molecule has 8 heteroatoms. The Balaban J connectivity index is 1.97. The third-order valence-electron chi connectivity index (χ3n) is 3.41. The van der Waals surface area contributed by atoms with Crippen LogP contribution in [0.3, 0.4) is 0 Å². The van der Waals surface area contributed by atoms with E-state index in [1.807, 2.05) is 13.8 Å². The number of carbonyl (C=O) groups excluding carboxylic acids is 1. The van der Waals surface area contributed by atoms with Crippen LogP contribution >= 0.6 is 0 Å². The quantitative estimate of drug-likeness (QED) is 0.854. The summed E-state index contributed by atoms with van der Waals surface area (Å²) in [5.74, 6) is 0.809. The first-order valence-corrected chi connectivity index (χ1v) is 9.47. The highest BCUT2D eigenvalue weighted by Crippen LogP contribution is 2.17. The Morgan fingerprint density at radius 2 is 1.71 bits per heavy atom. The van der Waals surface area contributed by atoms with Crippen molar-refractivity contribution in [3.8, 4) is 0 Å². The van der Waals surface area contributed by atoms with Crippen LogP contribution in [0.2, 0.25) is 0 Å². The Labute approximate surface area is 141 Å². The zero-order valence-electron chi connectivity index (χ0n) is 14.1. The molecule has 0 saturated heterocycles. The highest BCUT2D eigenvalue weighted by molar-refractivity contribution is 7.90. The Kier molecular flexibility index (Phi) is 5.38. The van der Waals surface area contributed by atoms with E-state index in [1.54, 1.807) is 19.1 Å². The Morgan fingerprint density at radius 1 is 1.12 bits per heavy atom. The van der Waals surface area contributed by atoms with Gasteiger partial charge >= 0.3 is 0 Å². The predicted molar refractivity (Wildman–Crippen MR) is 88.2 cm³/mol. The van der Waals surface area contributed by atoms with Crippen molar-refractivity contribution in [3.63, 3.8) is 0 Å². The van der Waals surface area contributed by atoms with Crippen LogP contribution in [-0.4, -0.2) is 30.8 Å². The summed E-state index contributed by atoms with van der Waals surface area (Å²) in [6.07, 6.45) is 1.28. The first-order chi connectivity index (χ1) is 11.2. The number of benzene rings is 1. The van der Waals surface area contributed by atoms with Gasteiger partial charge in [0.15, 0.2) is 9.84 Å². The molecule has 0 bridgehead atoms. The van der Waals surface area contributed by atoms with Crippen molar-refractivity contribution in [2.24, 2.45) is 0 Å². The topological polar surface area (TPSA) is 102 Å². The molecular formula is C16H21N3O4S. The second-order valence-electron chi connectivity index (χ2n) is 6.02. The number of nitrogens with zero attached hydrogens (tertiary/aromatic N) is 2. The number of amides is 1. The van der Waals surface area contributed by atoms with Gasteiger partial charge in [-0.3, -0.25) is 4.79 Å². The number of carbonyl (C=O) groups is 1. The van der Waals surface area contributed by atoms with Gasteiger partial charge in [-0.15, -0.1) is 10.2 Å². The van der Waals surface area contributed by atoms with Crippen LogP contribution in [-0.2, 0) is 21.1 Å². The number of nitrogens with one attached hydrogen (secondary N) is 1. The van der Waals surface area contributed by atoms with E-state index in [1.165, 1.54) is 12.1 Å². The molecule has 1 heterocycles. The van der Waals surface area contributed by atoms with Gasteiger partial charge in [-0.25, -0.2) is 8.42 Å². The van der Waals surface area contributed by atoms with Crippen molar-refractivity contribution in [2.75, 3.05) is 6.26 Å². The monoisotopic (exact) mass is 351 g/mol. The largest absolute Gasteiger partial charge is 0.423 e. The molecule has 1 aromatic carbocycles. The SMILES string of the molecule is CC(C)c1nnc([C@@H](C)NC(=O)Cc2ccc(S(C)(=O)=O)cc2)o1. The number of hydrogen-bond donors (Lipinski definition) is 1. The summed E-state index contributed by atoms with van der Waals surface area (Å²) in [6.45, 7) is 5.66. The molecule has 130 valence electrons. The van der Waals surface area contributed by atoms with Crippen LogP contribution < -0.4 is 5.32 Å². The summed E-state index contributed by atoms with van der Waals surface area (Å²) >= 11 is 0. The average molecular weight is 351 g/mol. The molecule has 1 aromatic heterocycles. The molecule has 0 aliphatic heterocycles. The fourth-order valence-electron chi connectivity index (χ4n) is 2.05. The van der Waals surface area contributed by atoms with Crippen molar-refractivity contribution in [1.29, 1.82) is 0 Å². The summed E-state index contributed by atoms with van der Waals surface area (Å²) in [5, 5.41) is 10.7. The Hall–Kier alpha value is -2.22. The maximum Gasteiger partial charge on any atom is 0.238 e. The molecule has 0 radical (unpaired) electrons. The Morgan fingerprint density at radius 3 is 2.21 bits per heavy atom. The molecule has 0 spiro atoms. The van der Waals surface area contributed by atoms with Crippen molar-refractivity contribution in [3.05, 3.63) is 41.6 Å². The van der Waals surface area contributed by atoms with Crippen LogP contribution in [0.4, 0.5) is 0 Å². The zero-order valence-corrected chi connectivity index (χ0v) is 14.9. The third-order valence-corrected chi connectivity index (χ3v) is 4.54. The first-order valence-electron chi connectivity index (χ1n) is 7.58. The first kappa shape index (κ1) is 18.1. The minimum absolute atomic E-state index is 0.127. The smallest absolute Gasteiger partial charge is 0.238 e. The normalized spacial score (nSPS) is 13.0. The van der Waals surface area contributed by atoms with Crippen molar-refractivity contribution < 1.29 is 17.6 Å². The lowest BCUT2D eigenvalue weighted by Gasteiger charge is -2.10. The minimum atomic E-state index is -3.24. The van der Waals surface area contributed by atoms with E-state index < -0.39 is 15.9 Å². The van der Waals surface area contributed by atoms with Gasteiger partial charge in [0.2, 0.25) is 17.7 Å². The molecule has 2 rings (SSSR count). The molecule has 0 aliphatic rings. The van der Waals surface area contributed by atoms with Crippen LogP contribution in [0, 0.1) is 0 Å². The van der Waals surface area contributed by atoms with Crippen LogP contribution in [0.25, 0.3) is 0 Å². The predicted octanol–water partition coefficient (Wildman–Crippen LogP) is 2.02. The van der Waals surface area contributed by atoms with Crippen LogP contribution in [0.5, 0.6) is 0 Å². The molecule has 2 aromatic rings. The van der Waals surface area contributed by atoms with Crippen LogP contribution in [0.15, 0.2) is 33.6 Å². The molecule has 0 unspecified atom stereocenters. The molecular weight excluding hydrogens is 330 g/mol. The van der Waals surface area contributed by atoms with E-state index in [0.29, 0.717) is 11.8 Å². The fraction of sp³-hybridized carbons (Fsp3) is 0.438. The van der Waals surface area contributed by atoms with Crippen molar-refractivity contribution in [1.82, 2.24) is 15.5 Å². The summed E-state index contributed by atoms with van der Waals surface area (Å²) in [6, 6.07) is 5.85. The fourth-order valence-corrected chi connectivity index (χ4v) is 2.68. The van der Waals surface area contributed by atoms with E-state index in [0.717, 1.165) is 11.8 Å². The van der Waals surface area contributed by atoms with E-state index in [4.69, 9.17) is 4.42 Å². The van der Waals surface area contributed by atoms with Crippen LogP contribution in [0.1, 0.15) is 50.1 Å². The standard InChI is InChI=1S/C16H21N3O4S/c1-10(2)15-18-19-16(23-15)11(3)17-14(20)9-12-5-7-13(8-6-12)24(4,21)22/h5-8,10-11H,9H2,1-4H3,(H,17,20)/t11-/m1/s1. The molecule has 0 aliphatic carbocycles. The molecule has 0 fully saturated rings. The highest BCUT2D eigenvalue weighted by Gasteiger charge is 2.18. The zero-order chi connectivity index (χ0) is 17.9. The third kappa shape index (κ3) is 4.64. The highest BCUT2D eigenvalue weighted by atomic mass is 32.2. The molecule has 1 amide bonds. The van der Waals surface area contributed by atoms with Gasteiger partial charge in [-0.1, -0.05) is 26.0 Å². The number of aromatic nitrogens is 2. The Bertz CT molecular complexity index is 810. The van der Waals surface area contributed by atoms with E-state index >= 15 is 0 Å². The van der Waals surface area contributed by atoms with E-state index in [9.17, 15) is 13.2 Å². The molecule has 24 heavy (non-hydrogen) atoms. The van der Waals surface area contributed by atoms with Crippen molar-refractivity contribution >= 4 is 15.7 Å². The molecule has 7 nitrogen and oxygen atoms in total. The van der Waals surface area contributed by atoms with Crippen molar-refractivity contribution in [2.45, 2.75) is 44.0 Å². The molecule has 0 saturated carbocycles. The van der Waals surface area contributed by atoms with Gasteiger partial charge in [0.05, 0.1) is 11.3 Å². The van der Waals surface area contributed by atoms with Gasteiger partial charge in [0.1, 0.15) is 6.04 Å². The maximum absolute atomic E-state index is 12.1. The summed E-state index contributed by atoms with van der Waals surface area (Å²) in [7, 11) is -3.24. The molecule has 1 atom stereocenters. The van der Waals surface area contributed by atoms with E-state index in [-0.39, 0.29) is 23.1 Å².